The van der Waals surface area contributed by atoms with Gasteiger partial charge in [0.25, 0.3) is 0 Å². The molecule has 7 nitrogen and oxygen atoms in total. The largest absolute Gasteiger partial charge is 0.477 e. The fourth-order valence-corrected chi connectivity index (χ4v) is 2.40. The molecule has 0 unspecified atom stereocenters. The lowest BCUT2D eigenvalue weighted by molar-refractivity contribution is 0.0687. The van der Waals surface area contributed by atoms with Crippen molar-refractivity contribution in [1.82, 2.24) is 24.4 Å². The van der Waals surface area contributed by atoms with Gasteiger partial charge in [-0.3, -0.25) is 4.68 Å². The molecule has 0 spiro atoms. The molecule has 0 bridgehead atoms. The fourth-order valence-electron chi connectivity index (χ4n) is 2.24. The molecule has 0 saturated heterocycles. The van der Waals surface area contributed by atoms with Gasteiger partial charge in [0.05, 0.1) is 17.1 Å². The number of carbonyl (C=O) groups is 1. The van der Waals surface area contributed by atoms with E-state index >= 15 is 0 Å². The van der Waals surface area contributed by atoms with Crippen molar-refractivity contribution in [3.05, 3.63) is 34.4 Å². The van der Waals surface area contributed by atoms with Crippen LogP contribution in [0, 0.1) is 13.8 Å². The summed E-state index contributed by atoms with van der Waals surface area (Å²) < 4.78 is 2.90. The summed E-state index contributed by atoms with van der Waals surface area (Å²) in [5.41, 5.74) is 2.90. The molecule has 0 radical (unpaired) electrons. The highest BCUT2D eigenvalue weighted by atomic mass is 35.5. The van der Waals surface area contributed by atoms with Gasteiger partial charge in [0, 0.05) is 18.8 Å². The number of carboxylic acids is 1. The van der Waals surface area contributed by atoms with Crippen molar-refractivity contribution in [3.63, 3.8) is 0 Å². The van der Waals surface area contributed by atoms with Crippen molar-refractivity contribution in [2.45, 2.75) is 13.8 Å². The molecule has 108 valence electrons. The highest BCUT2D eigenvalue weighted by Crippen LogP contribution is 2.26. The molecular formula is C13H12ClN5O2. The molecule has 3 aromatic rings. The van der Waals surface area contributed by atoms with E-state index in [1.165, 1.54) is 10.6 Å². The molecule has 3 rings (SSSR count). The van der Waals surface area contributed by atoms with Gasteiger partial charge in [-0.1, -0.05) is 11.6 Å². The van der Waals surface area contributed by atoms with Crippen molar-refractivity contribution < 1.29 is 9.90 Å². The van der Waals surface area contributed by atoms with E-state index in [-0.39, 0.29) is 5.69 Å². The molecule has 0 atom stereocenters. The lowest BCUT2D eigenvalue weighted by Gasteiger charge is -2.04. The zero-order valence-corrected chi connectivity index (χ0v) is 12.4. The van der Waals surface area contributed by atoms with Gasteiger partial charge in [0.2, 0.25) is 0 Å². The first-order valence-electron chi connectivity index (χ1n) is 6.18. The molecule has 0 saturated carbocycles. The second-order valence-corrected chi connectivity index (χ2v) is 5.15. The summed E-state index contributed by atoms with van der Waals surface area (Å²) in [7, 11) is 1.79. The first-order valence-corrected chi connectivity index (χ1v) is 6.56. The van der Waals surface area contributed by atoms with E-state index in [1.807, 2.05) is 6.92 Å². The number of hydrogen-bond donors (Lipinski definition) is 1. The molecule has 0 aliphatic carbocycles. The van der Waals surface area contributed by atoms with Crippen LogP contribution in [0.1, 0.15) is 21.9 Å². The van der Waals surface area contributed by atoms with Crippen LogP contribution < -0.4 is 0 Å². The summed E-state index contributed by atoms with van der Waals surface area (Å²) in [6.45, 7) is 3.54. The second kappa shape index (κ2) is 4.56. The normalized spacial score (nSPS) is 11.2. The number of hydrogen-bond acceptors (Lipinski definition) is 4. The number of halogens is 1. The standard InChI is InChI=1S/C13H12ClN5O2/c1-6-8(5-18(3)16-6)9-4-10(13(20)21)19-12(15-9)11(14)7(2)17-19/h4-5H,1-3H3,(H,20,21). The third-order valence-electron chi connectivity index (χ3n) is 3.20. The third-order valence-corrected chi connectivity index (χ3v) is 3.64. The van der Waals surface area contributed by atoms with Crippen molar-refractivity contribution in [1.29, 1.82) is 0 Å². The van der Waals surface area contributed by atoms with Gasteiger partial charge in [0.15, 0.2) is 11.3 Å². The van der Waals surface area contributed by atoms with Crippen LogP contribution in [0.4, 0.5) is 0 Å². The van der Waals surface area contributed by atoms with Crippen LogP contribution in [0.5, 0.6) is 0 Å². The Morgan fingerprint density at radius 2 is 2.00 bits per heavy atom. The van der Waals surface area contributed by atoms with E-state index in [1.54, 1.807) is 24.9 Å². The monoisotopic (exact) mass is 305 g/mol. The van der Waals surface area contributed by atoms with E-state index in [9.17, 15) is 9.90 Å². The molecule has 8 heteroatoms. The minimum atomic E-state index is -1.09. The van der Waals surface area contributed by atoms with Crippen LogP contribution in [-0.4, -0.2) is 35.5 Å². The van der Waals surface area contributed by atoms with Crippen molar-refractivity contribution >= 4 is 23.2 Å². The Labute approximate surface area is 124 Å². The summed E-state index contributed by atoms with van der Waals surface area (Å²) in [4.78, 5) is 15.9. The summed E-state index contributed by atoms with van der Waals surface area (Å²) in [6.07, 6.45) is 1.79. The predicted octanol–water partition coefficient (Wildman–Crippen LogP) is 2.10. The van der Waals surface area contributed by atoms with Gasteiger partial charge in [-0.15, -0.1) is 0 Å². The fraction of sp³-hybridized carbons (Fsp3) is 0.231. The number of aromatic nitrogens is 5. The first-order chi connectivity index (χ1) is 9.88. The molecule has 0 fully saturated rings. The Morgan fingerprint density at radius 3 is 2.57 bits per heavy atom. The van der Waals surface area contributed by atoms with E-state index in [4.69, 9.17) is 11.6 Å². The molecule has 0 aromatic carbocycles. The predicted molar refractivity (Wildman–Crippen MR) is 76.6 cm³/mol. The van der Waals surface area contributed by atoms with Gasteiger partial charge in [-0.25, -0.2) is 14.3 Å². The zero-order chi connectivity index (χ0) is 15.3. The second-order valence-electron chi connectivity index (χ2n) is 4.77. The summed E-state index contributed by atoms with van der Waals surface area (Å²) in [5, 5.41) is 18.1. The SMILES string of the molecule is Cc1nn(C)cc1-c1cc(C(=O)O)n2nc(C)c(Cl)c2n1. The van der Waals surface area contributed by atoms with Crippen LogP contribution in [0.2, 0.25) is 5.02 Å². The van der Waals surface area contributed by atoms with Gasteiger partial charge >= 0.3 is 5.97 Å². The number of nitrogens with zero attached hydrogens (tertiary/aromatic N) is 5. The van der Waals surface area contributed by atoms with E-state index < -0.39 is 5.97 Å². The van der Waals surface area contributed by atoms with Crippen LogP contribution in [0.15, 0.2) is 12.3 Å². The van der Waals surface area contributed by atoms with Crippen LogP contribution in [0.3, 0.4) is 0 Å². The highest BCUT2D eigenvalue weighted by molar-refractivity contribution is 6.34. The van der Waals surface area contributed by atoms with Crippen molar-refractivity contribution in [2.75, 3.05) is 0 Å². The van der Waals surface area contributed by atoms with Crippen molar-refractivity contribution in [3.8, 4) is 11.3 Å². The van der Waals surface area contributed by atoms with E-state index in [0.717, 1.165) is 11.3 Å². The summed E-state index contributed by atoms with van der Waals surface area (Å²) in [6, 6.07) is 1.47. The van der Waals surface area contributed by atoms with Gasteiger partial charge in [-0.05, 0) is 19.9 Å². The zero-order valence-electron chi connectivity index (χ0n) is 11.6. The van der Waals surface area contributed by atoms with E-state index in [2.05, 4.69) is 15.2 Å². The maximum Gasteiger partial charge on any atom is 0.354 e. The number of fused-ring (bicyclic) bond motifs is 1. The molecule has 1 N–H and O–H groups in total. The highest BCUT2D eigenvalue weighted by Gasteiger charge is 2.19. The van der Waals surface area contributed by atoms with Gasteiger partial charge in [-0.2, -0.15) is 10.2 Å². The topological polar surface area (TPSA) is 85.3 Å². The minimum Gasteiger partial charge on any atom is -0.477 e. The average molecular weight is 306 g/mol. The van der Waals surface area contributed by atoms with Gasteiger partial charge < -0.3 is 5.11 Å². The average Bonchev–Trinajstić information content (AvgIpc) is 2.89. The lowest BCUT2D eigenvalue weighted by Crippen LogP contribution is -2.08. The van der Waals surface area contributed by atoms with Crippen molar-refractivity contribution in [2.24, 2.45) is 7.05 Å². The Morgan fingerprint density at radius 1 is 1.29 bits per heavy atom. The molecule has 3 aromatic heterocycles. The van der Waals surface area contributed by atoms with E-state index in [0.29, 0.717) is 22.1 Å². The maximum absolute atomic E-state index is 11.5. The molecule has 21 heavy (non-hydrogen) atoms. The molecule has 0 aliphatic heterocycles. The minimum absolute atomic E-state index is 0.00764. The number of aromatic carboxylic acids is 1. The summed E-state index contributed by atoms with van der Waals surface area (Å²) >= 11 is 6.16. The smallest absolute Gasteiger partial charge is 0.354 e. The Bertz CT molecular complexity index is 880. The first kappa shape index (κ1) is 13.6. The molecular weight excluding hydrogens is 294 g/mol. The molecule has 0 aliphatic rings. The van der Waals surface area contributed by atoms with Crippen LogP contribution in [0.25, 0.3) is 16.9 Å². The molecule has 3 heterocycles. The quantitative estimate of drug-likeness (QED) is 0.783. The number of rotatable bonds is 2. The molecule has 0 amide bonds. The number of carboxylic acid groups (broad SMARTS) is 1. The maximum atomic E-state index is 11.5. The summed E-state index contributed by atoms with van der Waals surface area (Å²) in [5.74, 6) is -1.09. The van der Waals surface area contributed by atoms with Crippen LogP contribution >= 0.6 is 11.6 Å². The Kier molecular flexibility index (Phi) is 2.94. The van der Waals surface area contributed by atoms with Crippen LogP contribution in [-0.2, 0) is 7.05 Å². The lowest BCUT2D eigenvalue weighted by atomic mass is 10.1. The Balaban J connectivity index is 2.37. The number of aryl methyl sites for hydroxylation is 3. The van der Waals surface area contributed by atoms with Gasteiger partial charge in [0.1, 0.15) is 5.02 Å². The Hall–Kier alpha value is -2.41. The third kappa shape index (κ3) is 2.06.